The molecule has 186 valence electrons. The number of nitrogens with one attached hydrogen (secondary N) is 1. The van der Waals surface area contributed by atoms with Crippen molar-refractivity contribution in [1.82, 2.24) is 4.57 Å². The predicted octanol–water partition coefficient (Wildman–Crippen LogP) is 4.26. The number of carbonyl (C=O) groups is 1. The maximum atomic E-state index is 14.0. The van der Waals surface area contributed by atoms with Crippen LogP contribution in [0.15, 0.2) is 59.5 Å². The average molecular weight is 520 g/mol. The first-order valence-electron chi connectivity index (χ1n) is 9.29. The molecular weight excluding hydrogens is 506 g/mol. The molecule has 35 heavy (non-hydrogen) atoms. The molecule has 0 atom stereocenters. The summed E-state index contributed by atoms with van der Waals surface area (Å²) in [5, 5.41) is 2.25. The summed E-state index contributed by atoms with van der Waals surface area (Å²) in [6, 6.07) is 5.87. The number of phosphoric ester groups is 1. The van der Waals surface area contributed by atoms with E-state index in [2.05, 4.69) is 9.84 Å². The van der Waals surface area contributed by atoms with Crippen molar-refractivity contribution in [3.8, 4) is 11.5 Å². The number of ether oxygens (including phenoxy) is 1. The van der Waals surface area contributed by atoms with Crippen molar-refractivity contribution >= 4 is 19.4 Å². The molecule has 3 rings (SSSR count). The van der Waals surface area contributed by atoms with Crippen LogP contribution in [0.25, 0.3) is 0 Å². The summed E-state index contributed by atoms with van der Waals surface area (Å²) in [6.07, 6.45) is -3.79. The van der Waals surface area contributed by atoms with Gasteiger partial charge >= 0.3 is 14.0 Å². The van der Waals surface area contributed by atoms with Crippen LogP contribution in [0.4, 0.5) is 27.6 Å². The van der Waals surface area contributed by atoms with E-state index in [0.29, 0.717) is 18.2 Å². The first-order valence-corrected chi connectivity index (χ1v) is 10.8. The lowest BCUT2D eigenvalue weighted by Gasteiger charge is -2.15. The Morgan fingerprint density at radius 1 is 1.03 bits per heavy atom. The number of pyridine rings is 1. The molecule has 0 radical (unpaired) electrons. The third kappa shape index (κ3) is 6.96. The van der Waals surface area contributed by atoms with E-state index in [1.807, 2.05) is 0 Å². The van der Waals surface area contributed by atoms with Crippen molar-refractivity contribution < 1.29 is 50.4 Å². The number of hydrogen-bond donors (Lipinski definition) is 3. The lowest BCUT2D eigenvalue weighted by atomic mass is 10.1. The lowest BCUT2D eigenvalue weighted by Crippen LogP contribution is -2.21. The number of hydrogen-bond acceptors (Lipinski definition) is 5. The standard InChI is InChI=1S/C20H14F5N2O7P/c21-12-2-4-16(15(22)8-12)34-17-7-11(20(23,24)25)1-3-14(17)19(29)26-13-5-6-27(18(28)9-13)10-33-35(30,31)32/h1-9H,10H2,(H,26,29)(H2,30,31,32). The molecule has 0 saturated carbocycles. The SMILES string of the molecule is O=C(Nc1ccn(COP(=O)(O)O)c(=O)c1)c1ccc(C(F)(F)F)cc1Oc1ccc(F)cc1F. The minimum atomic E-state index is -4.85. The number of aromatic nitrogens is 1. The maximum absolute atomic E-state index is 14.0. The van der Waals surface area contributed by atoms with Crippen LogP contribution in [0.3, 0.4) is 0 Å². The third-order valence-corrected chi connectivity index (χ3v) is 4.74. The van der Waals surface area contributed by atoms with Crippen molar-refractivity contribution in [3.05, 3.63) is 87.8 Å². The van der Waals surface area contributed by atoms with Crippen LogP contribution in [-0.4, -0.2) is 20.3 Å². The molecule has 9 nitrogen and oxygen atoms in total. The van der Waals surface area contributed by atoms with Gasteiger partial charge in [-0.1, -0.05) is 0 Å². The van der Waals surface area contributed by atoms with E-state index < -0.39 is 66.5 Å². The number of anilines is 1. The first kappa shape index (κ1) is 26.0. The van der Waals surface area contributed by atoms with E-state index in [9.17, 15) is 36.1 Å². The van der Waals surface area contributed by atoms with Crippen LogP contribution >= 0.6 is 7.82 Å². The normalized spacial score (nSPS) is 11.9. The monoisotopic (exact) mass is 520 g/mol. The maximum Gasteiger partial charge on any atom is 0.471 e. The van der Waals surface area contributed by atoms with E-state index in [0.717, 1.165) is 41.1 Å². The molecule has 0 aliphatic rings. The Balaban J connectivity index is 1.90. The third-order valence-electron chi connectivity index (χ3n) is 4.29. The van der Waals surface area contributed by atoms with Gasteiger partial charge in [-0.05, 0) is 36.4 Å². The topological polar surface area (TPSA) is 127 Å². The second kappa shape index (κ2) is 9.96. The fourth-order valence-electron chi connectivity index (χ4n) is 2.68. The van der Waals surface area contributed by atoms with Crippen molar-refractivity contribution in [1.29, 1.82) is 0 Å². The van der Waals surface area contributed by atoms with Gasteiger partial charge in [0.15, 0.2) is 11.6 Å². The molecule has 0 fully saturated rings. The molecule has 0 aliphatic heterocycles. The van der Waals surface area contributed by atoms with Gasteiger partial charge in [0, 0.05) is 24.0 Å². The molecule has 0 spiro atoms. The van der Waals surface area contributed by atoms with E-state index >= 15 is 0 Å². The van der Waals surface area contributed by atoms with Crippen LogP contribution in [0.1, 0.15) is 15.9 Å². The zero-order chi connectivity index (χ0) is 26.0. The molecule has 0 saturated heterocycles. The molecular formula is C20H14F5N2O7P. The number of rotatable bonds is 7. The van der Waals surface area contributed by atoms with Crippen molar-refractivity contribution in [2.24, 2.45) is 0 Å². The summed E-state index contributed by atoms with van der Waals surface area (Å²) in [6.45, 7) is -0.794. The van der Waals surface area contributed by atoms with Crippen molar-refractivity contribution in [2.75, 3.05) is 5.32 Å². The van der Waals surface area contributed by atoms with Gasteiger partial charge in [0.2, 0.25) is 0 Å². The van der Waals surface area contributed by atoms with Crippen LogP contribution in [0, 0.1) is 11.6 Å². The highest BCUT2D eigenvalue weighted by Crippen LogP contribution is 2.37. The number of phosphoric acid groups is 1. The van der Waals surface area contributed by atoms with E-state index in [4.69, 9.17) is 14.5 Å². The van der Waals surface area contributed by atoms with Crippen LogP contribution < -0.4 is 15.6 Å². The van der Waals surface area contributed by atoms with Gasteiger partial charge in [-0.15, -0.1) is 0 Å². The highest BCUT2D eigenvalue weighted by Gasteiger charge is 2.32. The Bertz CT molecular complexity index is 1370. The summed E-state index contributed by atoms with van der Waals surface area (Å²) in [4.78, 5) is 42.2. The van der Waals surface area contributed by atoms with E-state index in [-0.39, 0.29) is 5.69 Å². The average Bonchev–Trinajstić information content (AvgIpc) is 2.73. The minimum Gasteiger partial charge on any atom is -0.453 e. The van der Waals surface area contributed by atoms with E-state index in [1.54, 1.807) is 0 Å². The van der Waals surface area contributed by atoms with Crippen LogP contribution in [0.5, 0.6) is 11.5 Å². The summed E-state index contributed by atoms with van der Waals surface area (Å²) in [7, 11) is -4.85. The molecule has 15 heteroatoms. The Kier molecular flexibility index (Phi) is 7.41. The molecule has 0 bridgehead atoms. The first-order chi connectivity index (χ1) is 16.2. The minimum absolute atomic E-state index is 0.133. The van der Waals surface area contributed by atoms with Crippen LogP contribution in [-0.2, 0) is 22.0 Å². The Hall–Kier alpha value is -3.58. The molecule has 1 heterocycles. The highest BCUT2D eigenvalue weighted by atomic mass is 31.2. The van der Waals surface area contributed by atoms with Gasteiger partial charge in [-0.3, -0.25) is 18.7 Å². The lowest BCUT2D eigenvalue weighted by molar-refractivity contribution is -0.137. The number of carbonyl (C=O) groups excluding carboxylic acids is 1. The van der Waals surface area contributed by atoms with Crippen molar-refractivity contribution in [2.45, 2.75) is 12.9 Å². The Morgan fingerprint density at radius 3 is 2.34 bits per heavy atom. The molecule has 3 N–H and O–H groups in total. The summed E-state index contributed by atoms with van der Waals surface area (Å²) >= 11 is 0. The number of alkyl halides is 3. The summed E-state index contributed by atoms with van der Waals surface area (Å²) in [5.41, 5.74) is -2.66. The Labute approximate surface area is 192 Å². The van der Waals surface area contributed by atoms with Gasteiger partial charge < -0.3 is 19.8 Å². The molecule has 0 unspecified atom stereocenters. The molecule has 0 aliphatic carbocycles. The molecule has 1 aromatic heterocycles. The Morgan fingerprint density at radius 2 is 1.74 bits per heavy atom. The molecule has 1 amide bonds. The quantitative estimate of drug-likeness (QED) is 0.314. The summed E-state index contributed by atoms with van der Waals surface area (Å²) in [5.74, 6) is -4.58. The number of benzene rings is 2. The zero-order valence-corrected chi connectivity index (χ0v) is 18.0. The van der Waals surface area contributed by atoms with Gasteiger partial charge in [0.1, 0.15) is 18.3 Å². The predicted molar refractivity (Wildman–Crippen MR) is 110 cm³/mol. The van der Waals surface area contributed by atoms with Crippen LogP contribution in [0.2, 0.25) is 0 Å². The van der Waals surface area contributed by atoms with Gasteiger partial charge in [0.05, 0.1) is 11.1 Å². The van der Waals surface area contributed by atoms with Gasteiger partial charge in [-0.25, -0.2) is 13.3 Å². The second-order valence-electron chi connectivity index (χ2n) is 6.81. The molecule has 3 aromatic rings. The number of nitrogens with zero attached hydrogens (tertiary/aromatic N) is 1. The fourth-order valence-corrected chi connectivity index (χ4v) is 2.95. The fraction of sp³-hybridized carbons (Fsp3) is 0.100. The van der Waals surface area contributed by atoms with Gasteiger partial charge in [-0.2, -0.15) is 13.2 Å². The zero-order valence-electron chi connectivity index (χ0n) is 17.1. The smallest absolute Gasteiger partial charge is 0.453 e. The number of halogens is 5. The summed E-state index contributed by atoms with van der Waals surface area (Å²) < 4.78 is 87.5. The second-order valence-corrected chi connectivity index (χ2v) is 8.05. The number of amides is 1. The largest absolute Gasteiger partial charge is 0.471 e. The molecule has 2 aromatic carbocycles. The highest BCUT2D eigenvalue weighted by molar-refractivity contribution is 7.46. The van der Waals surface area contributed by atoms with Gasteiger partial charge in [0.25, 0.3) is 11.5 Å². The van der Waals surface area contributed by atoms with E-state index in [1.165, 1.54) is 0 Å². The van der Waals surface area contributed by atoms with Crippen molar-refractivity contribution in [3.63, 3.8) is 0 Å².